The number of hydrogen-bond acceptors (Lipinski definition) is 4. The van der Waals surface area contributed by atoms with Crippen LogP contribution in [0, 0.1) is 5.92 Å². The quantitative estimate of drug-likeness (QED) is 0.850. The monoisotopic (exact) mass is 355 g/mol. The van der Waals surface area contributed by atoms with Gasteiger partial charge in [0.2, 0.25) is 0 Å². The zero-order valence-electron chi connectivity index (χ0n) is 15.8. The van der Waals surface area contributed by atoms with Crippen molar-refractivity contribution < 1.29 is 14.6 Å². The Morgan fingerprint density at radius 2 is 2.15 bits per heavy atom. The average molecular weight is 355 g/mol. The molecule has 0 saturated heterocycles. The Hall–Kier alpha value is -1.52. The molecule has 1 heterocycles. The first-order valence-electron chi connectivity index (χ1n) is 10.1. The fraction of sp³-hybridized carbons (Fsp3) is 0.636. The second-order valence-electron chi connectivity index (χ2n) is 8.74. The van der Waals surface area contributed by atoms with Crippen LogP contribution in [0.25, 0.3) is 6.08 Å². The molecule has 1 aliphatic heterocycles. The Morgan fingerprint density at radius 3 is 2.92 bits per heavy atom. The summed E-state index contributed by atoms with van der Waals surface area (Å²) in [6.07, 6.45) is 10.6. The van der Waals surface area contributed by atoms with Gasteiger partial charge in [0.15, 0.2) is 11.5 Å². The second-order valence-corrected chi connectivity index (χ2v) is 8.74. The molecule has 1 aromatic carbocycles. The summed E-state index contributed by atoms with van der Waals surface area (Å²) >= 11 is 0. The van der Waals surface area contributed by atoms with Crippen molar-refractivity contribution in [3.05, 3.63) is 29.3 Å². The highest BCUT2D eigenvalue weighted by Gasteiger charge is 2.64. The molecule has 1 aromatic rings. The van der Waals surface area contributed by atoms with Crippen LogP contribution in [0.5, 0.6) is 11.5 Å². The van der Waals surface area contributed by atoms with E-state index in [1.165, 1.54) is 30.5 Å². The molecule has 4 nitrogen and oxygen atoms in total. The lowest BCUT2D eigenvalue weighted by Gasteiger charge is -2.52. The maximum Gasteiger partial charge on any atom is 0.166 e. The van der Waals surface area contributed by atoms with E-state index in [9.17, 15) is 5.11 Å². The van der Waals surface area contributed by atoms with Gasteiger partial charge in [-0.3, -0.25) is 0 Å². The zero-order valence-corrected chi connectivity index (χ0v) is 15.8. The van der Waals surface area contributed by atoms with Crippen molar-refractivity contribution in [1.29, 1.82) is 0 Å². The topological polar surface area (TPSA) is 41.9 Å². The minimum Gasteiger partial charge on any atom is -0.493 e. The van der Waals surface area contributed by atoms with E-state index in [-0.39, 0.29) is 11.5 Å². The third-order valence-corrected chi connectivity index (χ3v) is 7.12. The Balaban J connectivity index is 1.57. The largest absolute Gasteiger partial charge is 0.493 e. The van der Waals surface area contributed by atoms with Crippen molar-refractivity contribution in [3.63, 3.8) is 0 Å². The molecule has 0 unspecified atom stereocenters. The first-order valence-corrected chi connectivity index (χ1v) is 10.1. The minimum atomic E-state index is -0.818. The fourth-order valence-corrected chi connectivity index (χ4v) is 5.60. The summed E-state index contributed by atoms with van der Waals surface area (Å²) in [6.45, 7) is 2.16. The van der Waals surface area contributed by atoms with Crippen LogP contribution in [-0.4, -0.2) is 49.0 Å². The van der Waals surface area contributed by atoms with E-state index >= 15 is 0 Å². The van der Waals surface area contributed by atoms with Crippen LogP contribution in [0.15, 0.2) is 18.2 Å². The predicted octanol–water partition coefficient (Wildman–Crippen LogP) is 3.37. The molecule has 0 spiro atoms. The molecule has 26 heavy (non-hydrogen) atoms. The summed E-state index contributed by atoms with van der Waals surface area (Å²) in [5.74, 6) is 2.54. The molecule has 0 bridgehead atoms. The van der Waals surface area contributed by atoms with Gasteiger partial charge in [0.25, 0.3) is 0 Å². The van der Waals surface area contributed by atoms with Crippen LogP contribution < -0.4 is 9.47 Å². The summed E-state index contributed by atoms with van der Waals surface area (Å²) < 4.78 is 12.1. The highest BCUT2D eigenvalue weighted by atomic mass is 16.5. The number of benzene rings is 1. The molecule has 2 fully saturated rings. The lowest BCUT2D eigenvalue weighted by atomic mass is 9.54. The Bertz CT molecular complexity index is 756. The number of methoxy groups -OCH3 is 1. The van der Waals surface area contributed by atoms with Gasteiger partial charge in [-0.2, -0.15) is 0 Å². The number of hydrogen-bond donors (Lipinski definition) is 1. The van der Waals surface area contributed by atoms with E-state index in [2.05, 4.69) is 24.1 Å². The van der Waals surface area contributed by atoms with E-state index in [0.29, 0.717) is 0 Å². The minimum absolute atomic E-state index is 0.0329. The molecule has 1 N–H and O–H groups in total. The molecule has 4 heteroatoms. The molecule has 3 aliphatic carbocycles. The lowest BCUT2D eigenvalue weighted by molar-refractivity contribution is -0.0782. The first-order chi connectivity index (χ1) is 12.6. The smallest absolute Gasteiger partial charge is 0.166 e. The van der Waals surface area contributed by atoms with Crippen LogP contribution >= 0.6 is 0 Å². The van der Waals surface area contributed by atoms with E-state index in [0.717, 1.165) is 49.6 Å². The average Bonchev–Trinajstić information content (AvgIpc) is 3.37. The van der Waals surface area contributed by atoms with Gasteiger partial charge in [0.1, 0.15) is 6.10 Å². The first kappa shape index (κ1) is 16.6. The molecule has 140 valence electrons. The SMILES string of the molecule is COc1ccc2c3c1O[C@H]1CCC[C@@](O)(C=C2)[C@@]31CCN(C)CC1CC1. The summed E-state index contributed by atoms with van der Waals surface area (Å²) in [6, 6.07) is 4.11. The molecular formula is C22H29NO3. The highest BCUT2D eigenvalue weighted by molar-refractivity contribution is 5.72. The summed E-state index contributed by atoms with van der Waals surface area (Å²) in [5, 5.41) is 11.7. The molecule has 4 aliphatic rings. The van der Waals surface area contributed by atoms with Crippen LogP contribution in [0.3, 0.4) is 0 Å². The van der Waals surface area contributed by atoms with Crippen molar-refractivity contribution in [3.8, 4) is 11.5 Å². The zero-order chi connectivity index (χ0) is 17.9. The fourth-order valence-electron chi connectivity index (χ4n) is 5.60. The van der Waals surface area contributed by atoms with E-state index in [4.69, 9.17) is 9.47 Å². The predicted molar refractivity (Wildman–Crippen MR) is 102 cm³/mol. The van der Waals surface area contributed by atoms with Gasteiger partial charge in [-0.05, 0) is 69.7 Å². The van der Waals surface area contributed by atoms with Gasteiger partial charge in [-0.25, -0.2) is 0 Å². The molecule has 0 aromatic heterocycles. The van der Waals surface area contributed by atoms with Crippen molar-refractivity contribution >= 4 is 6.08 Å². The van der Waals surface area contributed by atoms with Gasteiger partial charge < -0.3 is 19.5 Å². The maximum atomic E-state index is 11.7. The van der Waals surface area contributed by atoms with Gasteiger partial charge >= 0.3 is 0 Å². The molecule has 0 amide bonds. The Labute approximate surface area is 155 Å². The summed E-state index contributed by atoms with van der Waals surface area (Å²) in [5.41, 5.74) is 1.20. The van der Waals surface area contributed by atoms with E-state index in [1.807, 2.05) is 12.1 Å². The molecule has 2 saturated carbocycles. The lowest BCUT2D eigenvalue weighted by Crippen LogP contribution is -2.61. The van der Waals surface area contributed by atoms with Gasteiger partial charge in [-0.15, -0.1) is 0 Å². The van der Waals surface area contributed by atoms with Crippen LogP contribution in [-0.2, 0) is 5.41 Å². The van der Waals surface area contributed by atoms with Crippen molar-refractivity contribution in [2.24, 2.45) is 5.92 Å². The number of aliphatic hydroxyl groups is 1. The summed E-state index contributed by atoms with van der Waals surface area (Å²) in [7, 11) is 3.92. The molecule has 3 atom stereocenters. The van der Waals surface area contributed by atoms with Gasteiger partial charge in [-0.1, -0.05) is 18.2 Å². The number of ether oxygens (including phenoxy) is 2. The van der Waals surface area contributed by atoms with Crippen LogP contribution in [0.2, 0.25) is 0 Å². The molecule has 0 radical (unpaired) electrons. The highest BCUT2D eigenvalue weighted by Crippen LogP contribution is 2.62. The van der Waals surface area contributed by atoms with Crippen molar-refractivity contribution in [2.75, 3.05) is 27.2 Å². The Kier molecular flexibility index (Phi) is 3.67. The van der Waals surface area contributed by atoms with Crippen LogP contribution in [0.1, 0.15) is 49.7 Å². The normalized spacial score (nSPS) is 33.9. The van der Waals surface area contributed by atoms with E-state index < -0.39 is 5.60 Å². The van der Waals surface area contributed by atoms with Crippen LogP contribution in [0.4, 0.5) is 0 Å². The number of nitrogens with zero attached hydrogens (tertiary/aromatic N) is 1. The second kappa shape index (κ2) is 5.74. The van der Waals surface area contributed by atoms with Gasteiger partial charge in [0.05, 0.1) is 18.1 Å². The standard InChI is InChI=1S/C22H29NO3/c1-23(14-15-5-6-15)13-12-22-18-4-3-10-21(22,24)11-9-16-7-8-17(25-2)20(26-18)19(16)22/h7-9,11,15,18,24H,3-6,10,12-14H2,1-2H3/t18-,21+,22+/m0/s1. The van der Waals surface area contributed by atoms with Crippen molar-refractivity contribution in [1.82, 2.24) is 4.90 Å². The maximum absolute atomic E-state index is 11.7. The number of rotatable bonds is 6. The third kappa shape index (κ3) is 2.21. The van der Waals surface area contributed by atoms with Crippen molar-refractivity contribution in [2.45, 2.75) is 55.6 Å². The van der Waals surface area contributed by atoms with E-state index in [1.54, 1.807) is 7.11 Å². The molecular weight excluding hydrogens is 326 g/mol. The third-order valence-electron chi connectivity index (χ3n) is 7.12. The van der Waals surface area contributed by atoms with Gasteiger partial charge in [0, 0.05) is 12.1 Å². The molecule has 5 rings (SSSR count). The summed E-state index contributed by atoms with van der Waals surface area (Å²) in [4.78, 5) is 2.45. The Morgan fingerprint density at radius 1 is 1.31 bits per heavy atom.